The Morgan fingerprint density at radius 2 is 1.25 bits per heavy atom. The monoisotopic (exact) mass is 667 g/mol. The van der Waals surface area contributed by atoms with E-state index in [9.17, 15) is 0 Å². The van der Waals surface area contributed by atoms with Crippen molar-refractivity contribution >= 4 is 38.3 Å². The number of hydrogen-bond acceptors (Lipinski definition) is 4. The van der Waals surface area contributed by atoms with Gasteiger partial charge in [-0.3, -0.25) is 0 Å². The van der Waals surface area contributed by atoms with Crippen molar-refractivity contribution in [3.63, 3.8) is 0 Å². The lowest BCUT2D eigenvalue weighted by Gasteiger charge is -2.31. The number of aromatic nitrogens is 3. The van der Waals surface area contributed by atoms with Crippen LogP contribution >= 0.6 is 0 Å². The van der Waals surface area contributed by atoms with E-state index < -0.39 is 0 Å². The number of hydrogen-bond donors (Lipinski definition) is 0. The van der Waals surface area contributed by atoms with Gasteiger partial charge < -0.3 is 4.42 Å². The maximum Gasteiger partial charge on any atom is 0.164 e. The highest BCUT2D eigenvalue weighted by Gasteiger charge is 2.29. The van der Waals surface area contributed by atoms with Gasteiger partial charge in [0.1, 0.15) is 11.2 Å². The van der Waals surface area contributed by atoms with Gasteiger partial charge in [-0.2, -0.15) is 0 Å². The van der Waals surface area contributed by atoms with Crippen molar-refractivity contribution in [2.24, 2.45) is 5.41 Å². The third kappa shape index (κ3) is 5.19. The zero-order valence-electron chi connectivity index (χ0n) is 28.6. The van der Waals surface area contributed by atoms with Gasteiger partial charge in [0.25, 0.3) is 0 Å². The van der Waals surface area contributed by atoms with Crippen LogP contribution < -0.4 is 0 Å². The highest BCUT2D eigenvalue weighted by Crippen LogP contribution is 2.43. The van der Waals surface area contributed by atoms with Crippen molar-refractivity contribution in [1.82, 2.24) is 15.0 Å². The second-order valence-electron chi connectivity index (χ2n) is 13.9. The molecular formula is C48H33N3O. The van der Waals surface area contributed by atoms with Crippen LogP contribution in [0.5, 0.6) is 0 Å². The molecule has 0 fully saturated rings. The molecule has 0 bridgehead atoms. The quantitative estimate of drug-likeness (QED) is 0.183. The van der Waals surface area contributed by atoms with E-state index in [1.54, 1.807) is 0 Å². The van der Waals surface area contributed by atoms with Crippen LogP contribution in [0.1, 0.15) is 19.2 Å². The minimum atomic E-state index is -0.0401. The maximum absolute atomic E-state index is 6.54. The van der Waals surface area contributed by atoms with E-state index >= 15 is 0 Å². The molecule has 0 saturated carbocycles. The summed E-state index contributed by atoms with van der Waals surface area (Å²) < 4.78 is 6.54. The van der Waals surface area contributed by atoms with Crippen LogP contribution in [0.15, 0.2) is 180 Å². The van der Waals surface area contributed by atoms with Crippen LogP contribution in [-0.4, -0.2) is 15.0 Å². The molecule has 10 rings (SSSR count). The van der Waals surface area contributed by atoms with Gasteiger partial charge in [0, 0.05) is 32.9 Å². The number of furan rings is 1. The van der Waals surface area contributed by atoms with Gasteiger partial charge in [-0.25, -0.2) is 15.0 Å². The zero-order valence-corrected chi connectivity index (χ0v) is 28.6. The first-order chi connectivity index (χ1) is 25.6. The summed E-state index contributed by atoms with van der Waals surface area (Å²) in [5, 5.41) is 4.34. The molecule has 4 heteroatoms. The van der Waals surface area contributed by atoms with Crippen molar-refractivity contribution in [3.05, 3.63) is 181 Å². The largest absolute Gasteiger partial charge is 0.456 e. The minimum Gasteiger partial charge on any atom is -0.456 e. The average molecular weight is 668 g/mol. The molecule has 0 aliphatic heterocycles. The molecule has 6 aromatic carbocycles. The summed E-state index contributed by atoms with van der Waals surface area (Å²) >= 11 is 0. The number of para-hydroxylation sites is 1. The summed E-state index contributed by atoms with van der Waals surface area (Å²) in [6.07, 6.45) is 14.1. The lowest BCUT2D eigenvalue weighted by molar-refractivity contribution is 0.528. The van der Waals surface area contributed by atoms with Gasteiger partial charge in [-0.15, -0.1) is 0 Å². The van der Waals surface area contributed by atoms with E-state index in [1.165, 1.54) is 22.1 Å². The Kier molecular flexibility index (Phi) is 6.97. The fraction of sp³-hybridized carbons (Fsp3) is 0.0625. The highest BCUT2D eigenvalue weighted by atomic mass is 16.3. The number of nitrogens with zero attached hydrogens (tertiary/aromatic N) is 3. The SMILES string of the molecule is CC12C=CC=CC1=CC(c1nc(-c3ccc4ccccc4c3)nc(-c3cc(-c4ccc(-c5ccccc5)cc4)cc4oc5ccccc5c34)n1)=CC2. The summed E-state index contributed by atoms with van der Waals surface area (Å²) in [6.45, 7) is 2.28. The number of rotatable bonds is 5. The van der Waals surface area contributed by atoms with Crippen molar-refractivity contribution in [3.8, 4) is 45.0 Å². The second kappa shape index (κ2) is 12.0. The van der Waals surface area contributed by atoms with E-state index in [0.29, 0.717) is 17.5 Å². The summed E-state index contributed by atoms with van der Waals surface area (Å²) in [5.41, 5.74) is 10.2. The first kappa shape index (κ1) is 30.2. The molecule has 4 nitrogen and oxygen atoms in total. The summed E-state index contributed by atoms with van der Waals surface area (Å²) in [7, 11) is 0. The van der Waals surface area contributed by atoms with Gasteiger partial charge in [-0.1, -0.05) is 146 Å². The topological polar surface area (TPSA) is 51.8 Å². The second-order valence-corrected chi connectivity index (χ2v) is 13.9. The highest BCUT2D eigenvalue weighted by molar-refractivity contribution is 6.13. The van der Waals surface area contributed by atoms with E-state index in [4.69, 9.17) is 19.4 Å². The Morgan fingerprint density at radius 3 is 2.12 bits per heavy atom. The Balaban J connectivity index is 1.19. The predicted octanol–water partition coefficient (Wildman–Crippen LogP) is 12.4. The molecule has 1 atom stereocenters. The summed E-state index contributed by atoms with van der Waals surface area (Å²) in [6, 6.07) is 46.5. The van der Waals surface area contributed by atoms with E-state index in [1.807, 2.05) is 18.2 Å². The predicted molar refractivity (Wildman–Crippen MR) is 213 cm³/mol. The standard InChI is InChI=1S/C48H33N3O/c1-48-25-10-9-15-39(48)28-37(24-26-48)46-49-45(36-23-22-32-13-5-6-14-35(32)27-36)50-47(51-46)41-29-38(30-43-44(41)40-16-7-8-17-42(40)52-43)34-20-18-33(19-21-34)31-11-3-2-4-12-31/h2-25,27-30H,26H2,1H3. The molecular weight excluding hydrogens is 635 g/mol. The Hall–Kier alpha value is -6.65. The third-order valence-electron chi connectivity index (χ3n) is 10.5. The molecule has 2 aliphatic carbocycles. The molecule has 2 heterocycles. The first-order valence-electron chi connectivity index (χ1n) is 17.7. The molecule has 52 heavy (non-hydrogen) atoms. The fourth-order valence-corrected chi connectivity index (χ4v) is 7.58. The lowest BCUT2D eigenvalue weighted by Crippen LogP contribution is -2.19. The lowest BCUT2D eigenvalue weighted by atomic mass is 9.73. The van der Waals surface area contributed by atoms with Gasteiger partial charge in [-0.05, 0) is 75.4 Å². The molecule has 0 spiro atoms. The van der Waals surface area contributed by atoms with Crippen molar-refractivity contribution < 1.29 is 4.42 Å². The van der Waals surface area contributed by atoms with Crippen molar-refractivity contribution in [2.45, 2.75) is 13.3 Å². The third-order valence-corrected chi connectivity index (χ3v) is 10.5. The number of benzene rings is 6. The van der Waals surface area contributed by atoms with Crippen molar-refractivity contribution in [1.29, 1.82) is 0 Å². The number of allylic oxidation sites excluding steroid dienone is 8. The molecule has 2 aliphatic rings. The number of fused-ring (bicyclic) bond motifs is 5. The van der Waals surface area contributed by atoms with E-state index in [-0.39, 0.29) is 5.41 Å². The van der Waals surface area contributed by atoms with E-state index in [0.717, 1.165) is 61.6 Å². The van der Waals surface area contributed by atoms with Crippen LogP contribution in [0.2, 0.25) is 0 Å². The zero-order chi connectivity index (χ0) is 34.6. The summed E-state index contributed by atoms with van der Waals surface area (Å²) in [5.74, 6) is 1.90. The first-order valence-corrected chi connectivity index (χ1v) is 17.7. The van der Waals surface area contributed by atoms with Crippen molar-refractivity contribution in [2.75, 3.05) is 0 Å². The molecule has 0 saturated heterocycles. The van der Waals surface area contributed by atoms with E-state index in [2.05, 4.69) is 159 Å². The molecule has 0 radical (unpaired) electrons. The fourth-order valence-electron chi connectivity index (χ4n) is 7.58. The van der Waals surface area contributed by atoms with Gasteiger partial charge in [0.05, 0.1) is 0 Å². The average Bonchev–Trinajstić information content (AvgIpc) is 3.59. The Morgan fingerprint density at radius 1 is 0.558 bits per heavy atom. The molecule has 0 N–H and O–H groups in total. The molecule has 2 aromatic heterocycles. The Labute approximate surface area is 301 Å². The molecule has 8 aromatic rings. The van der Waals surface area contributed by atoms with Crippen LogP contribution in [-0.2, 0) is 0 Å². The summed E-state index contributed by atoms with van der Waals surface area (Å²) in [4.78, 5) is 15.7. The Bertz CT molecular complexity index is 2820. The van der Waals surface area contributed by atoms with Crippen LogP contribution in [0, 0.1) is 5.41 Å². The molecule has 246 valence electrons. The van der Waals surface area contributed by atoms with Gasteiger partial charge >= 0.3 is 0 Å². The minimum absolute atomic E-state index is 0.0401. The smallest absolute Gasteiger partial charge is 0.164 e. The van der Waals surface area contributed by atoms with Gasteiger partial charge in [0.2, 0.25) is 0 Å². The van der Waals surface area contributed by atoms with Crippen LogP contribution in [0.25, 0.3) is 83.3 Å². The molecule has 1 unspecified atom stereocenters. The maximum atomic E-state index is 6.54. The van der Waals surface area contributed by atoms with Gasteiger partial charge in [0.15, 0.2) is 17.5 Å². The van der Waals surface area contributed by atoms with Crippen LogP contribution in [0.3, 0.4) is 0 Å². The normalized spacial score (nSPS) is 16.6. The van der Waals surface area contributed by atoms with Crippen LogP contribution in [0.4, 0.5) is 0 Å². The molecule has 0 amide bonds.